The largest absolute Gasteiger partial charge is 0.350 e. The van der Waals surface area contributed by atoms with Gasteiger partial charge in [0, 0.05) is 47.6 Å². The van der Waals surface area contributed by atoms with E-state index in [1.807, 2.05) is 80.7 Å². The number of hydrogen-bond acceptors (Lipinski definition) is 4. The molecule has 0 saturated heterocycles. The van der Waals surface area contributed by atoms with Crippen molar-refractivity contribution in [3.8, 4) is 28.7 Å². The Morgan fingerprint density at radius 2 is 1.68 bits per heavy atom. The van der Waals surface area contributed by atoms with E-state index in [0.29, 0.717) is 11.0 Å². The fraction of sp³-hybridized carbons (Fsp3) is 0.0968. The highest BCUT2D eigenvalue weighted by atomic mass is 16.2. The van der Waals surface area contributed by atoms with Gasteiger partial charge >= 0.3 is 0 Å². The van der Waals surface area contributed by atoms with Crippen molar-refractivity contribution in [3.05, 3.63) is 124 Å². The molecule has 2 aromatic carbocycles. The van der Waals surface area contributed by atoms with E-state index >= 15 is 0 Å². The summed E-state index contributed by atoms with van der Waals surface area (Å²) in [5.41, 5.74) is 4.77. The molecule has 6 nitrogen and oxygen atoms in total. The molecule has 1 N–H and O–H groups in total. The van der Waals surface area contributed by atoms with Gasteiger partial charge in [-0.1, -0.05) is 36.1 Å². The average Bonchev–Trinajstić information content (AvgIpc) is 2.93. The standard InChI is InChI=1S/C31H24N4O2/c1-21(2)34-31(37)28-20-35(30-27(29(28)36)9-5-17-33-30)26-8-3-6-23(18-26)11-10-22-12-14-24(15-13-22)25-7-4-16-32-19-25/h3-9,12-21H,1-2H3,(H,34,37). The Morgan fingerprint density at radius 3 is 2.43 bits per heavy atom. The molecule has 180 valence electrons. The van der Waals surface area contributed by atoms with Crippen molar-refractivity contribution in [1.29, 1.82) is 0 Å². The van der Waals surface area contributed by atoms with E-state index in [2.05, 4.69) is 27.1 Å². The summed E-state index contributed by atoms with van der Waals surface area (Å²) in [6, 6.07) is 22.9. The Morgan fingerprint density at radius 1 is 0.892 bits per heavy atom. The van der Waals surface area contributed by atoms with Gasteiger partial charge in [0.05, 0.1) is 5.39 Å². The smallest absolute Gasteiger partial charge is 0.256 e. The number of fused-ring (bicyclic) bond motifs is 1. The minimum Gasteiger partial charge on any atom is -0.350 e. The number of aromatic nitrogens is 3. The van der Waals surface area contributed by atoms with E-state index < -0.39 is 5.91 Å². The van der Waals surface area contributed by atoms with Gasteiger partial charge in [0.15, 0.2) is 0 Å². The van der Waals surface area contributed by atoms with Crippen molar-refractivity contribution in [2.45, 2.75) is 19.9 Å². The molecule has 3 heterocycles. The summed E-state index contributed by atoms with van der Waals surface area (Å²) in [4.78, 5) is 34.4. The summed E-state index contributed by atoms with van der Waals surface area (Å²) >= 11 is 0. The Bertz CT molecular complexity index is 1710. The normalized spacial score (nSPS) is 10.7. The van der Waals surface area contributed by atoms with E-state index in [4.69, 9.17) is 0 Å². The van der Waals surface area contributed by atoms with E-state index in [1.54, 1.807) is 35.3 Å². The van der Waals surface area contributed by atoms with Crippen molar-refractivity contribution in [2.24, 2.45) is 0 Å². The number of benzene rings is 2. The van der Waals surface area contributed by atoms with Crippen LogP contribution in [0, 0.1) is 11.8 Å². The first-order chi connectivity index (χ1) is 18.0. The summed E-state index contributed by atoms with van der Waals surface area (Å²) < 4.78 is 1.76. The van der Waals surface area contributed by atoms with E-state index in [1.165, 1.54) is 0 Å². The summed E-state index contributed by atoms with van der Waals surface area (Å²) in [5.74, 6) is 6.02. The quantitative estimate of drug-likeness (QED) is 0.365. The molecule has 37 heavy (non-hydrogen) atoms. The average molecular weight is 485 g/mol. The molecular formula is C31H24N4O2. The molecular weight excluding hydrogens is 460 g/mol. The summed E-state index contributed by atoms with van der Waals surface area (Å²) in [6.45, 7) is 3.71. The highest BCUT2D eigenvalue weighted by Gasteiger charge is 2.17. The zero-order chi connectivity index (χ0) is 25.8. The van der Waals surface area contributed by atoms with Crippen molar-refractivity contribution < 1.29 is 4.79 Å². The summed E-state index contributed by atoms with van der Waals surface area (Å²) in [6.07, 6.45) is 6.77. The van der Waals surface area contributed by atoms with Gasteiger partial charge < -0.3 is 9.88 Å². The number of carbonyl (C=O) groups is 1. The molecule has 0 aliphatic rings. The second-order valence-electron chi connectivity index (χ2n) is 8.86. The SMILES string of the molecule is CC(C)NC(=O)c1cn(-c2cccc(C#Cc3ccc(-c4cccnc4)cc3)c2)c2ncccc2c1=O. The summed E-state index contributed by atoms with van der Waals surface area (Å²) in [5, 5.41) is 3.19. The Hall–Kier alpha value is -5.02. The van der Waals surface area contributed by atoms with Gasteiger partial charge in [-0.15, -0.1) is 0 Å². The maximum atomic E-state index is 13.0. The topological polar surface area (TPSA) is 76.9 Å². The minimum absolute atomic E-state index is 0.0689. The van der Waals surface area contributed by atoms with Crippen LogP contribution in [0.4, 0.5) is 0 Å². The number of rotatable bonds is 4. The lowest BCUT2D eigenvalue weighted by molar-refractivity contribution is 0.0941. The van der Waals surface area contributed by atoms with Crippen LogP contribution in [0.25, 0.3) is 27.8 Å². The zero-order valence-electron chi connectivity index (χ0n) is 20.5. The third kappa shape index (κ3) is 5.16. The molecule has 1 amide bonds. The number of amides is 1. The molecule has 0 spiro atoms. The predicted octanol–water partition coefficient (Wildman–Crippen LogP) is 4.99. The highest BCUT2D eigenvalue weighted by molar-refractivity contribution is 5.97. The lowest BCUT2D eigenvalue weighted by Crippen LogP contribution is -2.34. The molecule has 5 aromatic rings. The van der Waals surface area contributed by atoms with Gasteiger partial charge in [-0.25, -0.2) is 4.98 Å². The third-order valence-corrected chi connectivity index (χ3v) is 5.78. The van der Waals surface area contributed by atoms with E-state index in [-0.39, 0.29) is 17.0 Å². The van der Waals surface area contributed by atoms with Crippen molar-refractivity contribution >= 4 is 16.9 Å². The highest BCUT2D eigenvalue weighted by Crippen LogP contribution is 2.19. The van der Waals surface area contributed by atoms with E-state index in [9.17, 15) is 9.59 Å². The molecule has 6 heteroatoms. The maximum absolute atomic E-state index is 13.0. The van der Waals surface area contributed by atoms with Crippen LogP contribution in [0.5, 0.6) is 0 Å². The molecule has 0 aliphatic carbocycles. The Labute approximate surface area is 214 Å². The van der Waals surface area contributed by atoms with Crippen LogP contribution >= 0.6 is 0 Å². The summed E-state index contributed by atoms with van der Waals surface area (Å²) in [7, 11) is 0. The van der Waals surface area contributed by atoms with Crippen molar-refractivity contribution in [2.75, 3.05) is 0 Å². The number of nitrogens with zero attached hydrogens (tertiary/aromatic N) is 3. The fourth-order valence-corrected chi connectivity index (χ4v) is 4.02. The van der Waals surface area contributed by atoms with Gasteiger partial charge in [0.1, 0.15) is 11.2 Å². The van der Waals surface area contributed by atoms with Gasteiger partial charge in [0.25, 0.3) is 5.91 Å². The molecule has 0 fully saturated rings. The van der Waals surface area contributed by atoms with Crippen LogP contribution in [0.15, 0.2) is 102 Å². The molecule has 3 aromatic heterocycles. The molecule has 0 atom stereocenters. The monoisotopic (exact) mass is 484 g/mol. The van der Waals surface area contributed by atoms with Crippen LogP contribution in [0.2, 0.25) is 0 Å². The third-order valence-electron chi connectivity index (χ3n) is 5.78. The first kappa shape index (κ1) is 23.7. The fourth-order valence-electron chi connectivity index (χ4n) is 4.02. The lowest BCUT2D eigenvalue weighted by atomic mass is 10.1. The van der Waals surface area contributed by atoms with Crippen LogP contribution in [0.3, 0.4) is 0 Å². The van der Waals surface area contributed by atoms with Gasteiger partial charge in [-0.05, 0) is 73.5 Å². The zero-order valence-corrected chi connectivity index (χ0v) is 20.5. The first-order valence-corrected chi connectivity index (χ1v) is 11.9. The molecule has 0 aliphatic heterocycles. The number of pyridine rings is 3. The Balaban J connectivity index is 1.51. The second-order valence-corrected chi connectivity index (χ2v) is 8.86. The molecule has 0 saturated carbocycles. The molecule has 0 bridgehead atoms. The first-order valence-electron chi connectivity index (χ1n) is 11.9. The van der Waals surface area contributed by atoms with Gasteiger partial charge in [0.2, 0.25) is 5.43 Å². The molecule has 0 unspecified atom stereocenters. The van der Waals surface area contributed by atoms with Crippen LogP contribution in [-0.4, -0.2) is 26.5 Å². The van der Waals surface area contributed by atoms with Gasteiger partial charge in [-0.3, -0.25) is 14.6 Å². The molecule has 5 rings (SSSR count). The second kappa shape index (κ2) is 10.3. The van der Waals surface area contributed by atoms with Gasteiger partial charge in [-0.2, -0.15) is 0 Å². The van der Waals surface area contributed by atoms with Crippen molar-refractivity contribution in [1.82, 2.24) is 19.9 Å². The maximum Gasteiger partial charge on any atom is 0.256 e. The lowest BCUT2D eigenvalue weighted by Gasteiger charge is -2.14. The predicted molar refractivity (Wildman–Crippen MR) is 146 cm³/mol. The van der Waals surface area contributed by atoms with Crippen LogP contribution < -0.4 is 10.7 Å². The number of hydrogen-bond donors (Lipinski definition) is 1. The number of carbonyl (C=O) groups excluding carboxylic acids is 1. The van der Waals surface area contributed by atoms with Crippen LogP contribution in [0.1, 0.15) is 35.3 Å². The Kier molecular flexibility index (Phi) is 6.60. The minimum atomic E-state index is -0.412. The van der Waals surface area contributed by atoms with Crippen LogP contribution in [-0.2, 0) is 0 Å². The van der Waals surface area contributed by atoms with Crippen molar-refractivity contribution in [3.63, 3.8) is 0 Å². The van der Waals surface area contributed by atoms with E-state index in [0.717, 1.165) is 27.9 Å². The molecule has 0 radical (unpaired) electrons. The number of nitrogens with one attached hydrogen (secondary N) is 1.